The zero-order valence-corrected chi connectivity index (χ0v) is 9.39. The Bertz CT molecular complexity index is 327. The van der Waals surface area contributed by atoms with Gasteiger partial charge < -0.3 is 4.74 Å². The Kier molecular flexibility index (Phi) is 3.57. The van der Waals surface area contributed by atoms with Crippen molar-refractivity contribution in [2.45, 2.75) is 13.1 Å². The molecule has 1 rings (SSSR count). The van der Waals surface area contributed by atoms with E-state index in [1.54, 1.807) is 6.92 Å². The first kappa shape index (κ1) is 11.5. The molecule has 1 aromatic rings. The van der Waals surface area contributed by atoms with E-state index in [0.29, 0.717) is 3.70 Å². The Hall–Kier alpha value is -0.530. The average Bonchev–Trinajstić information content (AvgIpc) is 2.02. The molecule has 0 saturated carbocycles. The van der Waals surface area contributed by atoms with Crippen LogP contribution in [0.2, 0.25) is 0 Å². The number of ether oxygens (including phenoxy) is 1. The maximum Gasteiger partial charge on any atom is 0.421 e. The van der Waals surface area contributed by atoms with E-state index in [1.807, 2.05) is 22.6 Å². The van der Waals surface area contributed by atoms with Gasteiger partial charge in [0, 0.05) is 12.3 Å². The Morgan fingerprint density at radius 2 is 2.14 bits per heavy atom. The molecule has 0 spiro atoms. The highest BCUT2D eigenvalue weighted by Crippen LogP contribution is 2.36. The van der Waals surface area contributed by atoms with Gasteiger partial charge in [-0.1, -0.05) is 0 Å². The molecule has 0 aromatic carbocycles. The predicted molar refractivity (Wildman–Crippen MR) is 53.1 cm³/mol. The number of hydrogen-bond donors (Lipinski definition) is 0. The van der Waals surface area contributed by atoms with E-state index in [-0.39, 0.29) is 12.4 Å². The van der Waals surface area contributed by atoms with Crippen LogP contribution in [-0.2, 0) is 6.18 Å². The predicted octanol–water partition coefficient (Wildman–Crippen LogP) is 3.10. The van der Waals surface area contributed by atoms with Crippen molar-refractivity contribution in [3.8, 4) is 5.75 Å². The van der Waals surface area contributed by atoms with Gasteiger partial charge in [0.05, 0.1) is 6.61 Å². The van der Waals surface area contributed by atoms with E-state index in [2.05, 4.69) is 4.98 Å². The molecule has 0 aliphatic rings. The minimum absolute atomic E-state index is 0.167. The average molecular weight is 317 g/mol. The second-order valence-electron chi connectivity index (χ2n) is 2.43. The van der Waals surface area contributed by atoms with Gasteiger partial charge in [0.25, 0.3) is 0 Å². The molecule has 0 amide bonds. The van der Waals surface area contributed by atoms with Gasteiger partial charge in [0.15, 0.2) is 0 Å². The fourth-order valence-corrected chi connectivity index (χ4v) is 1.32. The Morgan fingerprint density at radius 1 is 1.50 bits per heavy atom. The van der Waals surface area contributed by atoms with Crippen LogP contribution in [0.4, 0.5) is 13.2 Å². The van der Waals surface area contributed by atoms with Gasteiger partial charge in [0.1, 0.15) is 15.0 Å². The molecular formula is C8H7F3INO. The van der Waals surface area contributed by atoms with E-state index in [9.17, 15) is 13.2 Å². The lowest BCUT2D eigenvalue weighted by Gasteiger charge is -2.12. The van der Waals surface area contributed by atoms with Crippen molar-refractivity contribution in [1.29, 1.82) is 0 Å². The minimum Gasteiger partial charge on any atom is -0.493 e. The van der Waals surface area contributed by atoms with Gasteiger partial charge in [0.2, 0.25) is 0 Å². The summed E-state index contributed by atoms with van der Waals surface area (Å²) in [4.78, 5) is 3.58. The topological polar surface area (TPSA) is 22.1 Å². The summed E-state index contributed by atoms with van der Waals surface area (Å²) in [6.07, 6.45) is -3.63. The third-order valence-electron chi connectivity index (χ3n) is 1.44. The fourth-order valence-electron chi connectivity index (χ4n) is 0.901. The van der Waals surface area contributed by atoms with Gasteiger partial charge in [-0.25, -0.2) is 4.98 Å². The molecule has 14 heavy (non-hydrogen) atoms. The Morgan fingerprint density at radius 3 is 2.64 bits per heavy atom. The highest BCUT2D eigenvalue weighted by molar-refractivity contribution is 14.1. The number of alkyl halides is 3. The standard InChI is InChI=1S/C8H7F3INO/c1-2-14-6-3-7(12)13-4-5(6)8(9,10)11/h3-4H,2H2,1H3. The number of pyridine rings is 1. The molecular weight excluding hydrogens is 310 g/mol. The van der Waals surface area contributed by atoms with Crippen molar-refractivity contribution in [3.05, 3.63) is 21.5 Å². The molecule has 1 heterocycles. The zero-order chi connectivity index (χ0) is 10.8. The molecule has 0 atom stereocenters. The van der Waals surface area contributed by atoms with Crippen LogP contribution in [0.25, 0.3) is 0 Å². The monoisotopic (exact) mass is 317 g/mol. The van der Waals surface area contributed by atoms with Crippen molar-refractivity contribution in [1.82, 2.24) is 4.98 Å². The van der Waals surface area contributed by atoms with Gasteiger partial charge in [-0.05, 0) is 29.5 Å². The van der Waals surface area contributed by atoms with E-state index in [1.165, 1.54) is 6.07 Å². The summed E-state index contributed by atoms with van der Waals surface area (Å²) in [6, 6.07) is 1.27. The van der Waals surface area contributed by atoms with Gasteiger partial charge in [-0.2, -0.15) is 13.2 Å². The van der Waals surface area contributed by atoms with Crippen molar-refractivity contribution >= 4 is 22.6 Å². The highest BCUT2D eigenvalue weighted by atomic mass is 127. The van der Waals surface area contributed by atoms with Crippen LogP contribution in [0.1, 0.15) is 12.5 Å². The van der Waals surface area contributed by atoms with Crippen molar-refractivity contribution in [3.63, 3.8) is 0 Å². The number of nitrogens with zero attached hydrogens (tertiary/aromatic N) is 1. The summed E-state index contributed by atoms with van der Waals surface area (Å²) in [5, 5.41) is 0. The lowest BCUT2D eigenvalue weighted by Crippen LogP contribution is -2.09. The third-order valence-corrected chi connectivity index (χ3v) is 2.03. The van der Waals surface area contributed by atoms with E-state index < -0.39 is 11.7 Å². The first-order valence-electron chi connectivity index (χ1n) is 3.80. The number of aromatic nitrogens is 1. The van der Waals surface area contributed by atoms with Crippen LogP contribution in [0.15, 0.2) is 12.3 Å². The molecule has 0 unspecified atom stereocenters. The molecule has 6 heteroatoms. The van der Waals surface area contributed by atoms with Crippen LogP contribution in [0, 0.1) is 3.70 Å². The molecule has 1 aromatic heterocycles. The summed E-state index contributed by atoms with van der Waals surface area (Å²) in [5.41, 5.74) is -0.834. The zero-order valence-electron chi connectivity index (χ0n) is 7.23. The number of hydrogen-bond acceptors (Lipinski definition) is 2. The highest BCUT2D eigenvalue weighted by Gasteiger charge is 2.34. The minimum atomic E-state index is -4.41. The molecule has 0 aliphatic carbocycles. The van der Waals surface area contributed by atoms with E-state index >= 15 is 0 Å². The maximum absolute atomic E-state index is 12.4. The number of rotatable bonds is 2. The van der Waals surface area contributed by atoms with Gasteiger partial charge >= 0.3 is 6.18 Å². The molecule has 0 bridgehead atoms. The van der Waals surface area contributed by atoms with Gasteiger partial charge in [-0.15, -0.1) is 0 Å². The van der Waals surface area contributed by atoms with Crippen molar-refractivity contribution in [2.75, 3.05) is 6.61 Å². The van der Waals surface area contributed by atoms with Crippen LogP contribution >= 0.6 is 22.6 Å². The normalized spacial score (nSPS) is 11.5. The molecule has 2 nitrogen and oxygen atoms in total. The lowest BCUT2D eigenvalue weighted by atomic mass is 10.2. The summed E-state index contributed by atoms with van der Waals surface area (Å²) in [7, 11) is 0. The van der Waals surface area contributed by atoms with Gasteiger partial charge in [-0.3, -0.25) is 0 Å². The first-order valence-corrected chi connectivity index (χ1v) is 4.88. The number of halogens is 4. The SMILES string of the molecule is CCOc1cc(I)ncc1C(F)(F)F. The quantitative estimate of drug-likeness (QED) is 0.618. The fraction of sp³-hybridized carbons (Fsp3) is 0.375. The molecule has 0 saturated heterocycles. The third kappa shape index (κ3) is 2.73. The Balaban J connectivity index is 3.15. The Labute approximate surface area is 92.6 Å². The second kappa shape index (κ2) is 4.33. The van der Waals surface area contributed by atoms with E-state index in [4.69, 9.17) is 4.74 Å². The molecule has 0 N–H and O–H groups in total. The summed E-state index contributed by atoms with van der Waals surface area (Å²) in [6.45, 7) is 1.83. The molecule has 78 valence electrons. The lowest BCUT2D eigenvalue weighted by molar-refractivity contribution is -0.139. The van der Waals surface area contributed by atoms with Crippen molar-refractivity contribution in [2.24, 2.45) is 0 Å². The van der Waals surface area contributed by atoms with Crippen LogP contribution in [0.5, 0.6) is 5.75 Å². The van der Waals surface area contributed by atoms with Crippen LogP contribution < -0.4 is 4.74 Å². The first-order chi connectivity index (χ1) is 6.45. The van der Waals surface area contributed by atoms with Crippen molar-refractivity contribution < 1.29 is 17.9 Å². The maximum atomic E-state index is 12.4. The molecule has 0 fully saturated rings. The molecule has 0 radical (unpaired) electrons. The summed E-state index contributed by atoms with van der Waals surface area (Å²) < 4.78 is 42.5. The summed E-state index contributed by atoms with van der Waals surface area (Å²) >= 11 is 1.83. The smallest absolute Gasteiger partial charge is 0.421 e. The summed E-state index contributed by atoms with van der Waals surface area (Å²) in [5.74, 6) is -0.167. The largest absolute Gasteiger partial charge is 0.493 e. The second-order valence-corrected chi connectivity index (χ2v) is 3.54. The van der Waals surface area contributed by atoms with Crippen LogP contribution in [-0.4, -0.2) is 11.6 Å². The molecule has 0 aliphatic heterocycles. The van der Waals surface area contributed by atoms with Crippen LogP contribution in [0.3, 0.4) is 0 Å². The van der Waals surface area contributed by atoms with E-state index in [0.717, 1.165) is 6.20 Å².